The molecule has 2 aromatic carbocycles. The van der Waals surface area contributed by atoms with Gasteiger partial charge in [-0.3, -0.25) is 4.79 Å². The van der Waals surface area contributed by atoms with Crippen LogP contribution in [0.1, 0.15) is 49.2 Å². The van der Waals surface area contributed by atoms with Crippen molar-refractivity contribution in [3.63, 3.8) is 0 Å². The molecule has 0 saturated carbocycles. The summed E-state index contributed by atoms with van der Waals surface area (Å²) >= 11 is 0. The number of imidazole rings is 1. The van der Waals surface area contributed by atoms with Crippen molar-refractivity contribution in [1.29, 1.82) is 0 Å². The second-order valence-electron chi connectivity index (χ2n) is 8.38. The molecule has 156 valence electrons. The zero-order chi connectivity index (χ0) is 19.8. The first-order valence-electron chi connectivity index (χ1n) is 10.6. The van der Waals surface area contributed by atoms with Gasteiger partial charge in [0.25, 0.3) is 5.82 Å². The summed E-state index contributed by atoms with van der Waals surface area (Å²) in [6.07, 6.45) is 8.37. The highest BCUT2D eigenvalue weighted by molar-refractivity contribution is 5.89. The van der Waals surface area contributed by atoms with Gasteiger partial charge >= 0.3 is 5.97 Å². The number of fused-ring (bicyclic) bond motifs is 1. The van der Waals surface area contributed by atoms with Gasteiger partial charge in [0.1, 0.15) is 30.5 Å². The van der Waals surface area contributed by atoms with Gasteiger partial charge in [0.05, 0.1) is 6.04 Å². The number of aromatic nitrogens is 2. The molecule has 2 aliphatic rings. The Balaban J connectivity index is 0.00000218. The fraction of sp³-hybridized carbons (Fsp3) is 0.360. The standard InChI is InChI=1S/C25H27N2O2.ClH/c1-19-9-8-14-23-26(15-16-27(19)23)18-22-17-25(24(28)29-22,20-10-4-2-5-11-20)21-12-6-3-7-13-21;/h2-7,10-13,15-16,19,22H,8-9,14,17-18H2,1H3;1H/q+1;/p-1. The Labute approximate surface area is 183 Å². The Bertz CT molecular complexity index is 977. The third kappa shape index (κ3) is 3.33. The van der Waals surface area contributed by atoms with Crippen LogP contribution in [0.4, 0.5) is 0 Å². The minimum atomic E-state index is -0.735. The lowest BCUT2D eigenvalue weighted by Crippen LogP contribution is -3.00. The lowest BCUT2D eigenvalue weighted by atomic mass is 9.72. The summed E-state index contributed by atoms with van der Waals surface area (Å²) in [5.41, 5.74) is 1.29. The van der Waals surface area contributed by atoms with Crippen molar-refractivity contribution in [3.05, 3.63) is 90.0 Å². The third-order valence-corrected chi connectivity index (χ3v) is 6.62. The number of cyclic esters (lactones) is 1. The molecule has 3 heterocycles. The number of carbonyl (C=O) groups is 1. The zero-order valence-corrected chi connectivity index (χ0v) is 18.0. The third-order valence-electron chi connectivity index (χ3n) is 6.62. The molecule has 2 unspecified atom stereocenters. The normalized spacial score (nSPS) is 22.1. The van der Waals surface area contributed by atoms with Gasteiger partial charge in [0, 0.05) is 12.8 Å². The van der Waals surface area contributed by atoms with E-state index in [4.69, 9.17) is 4.74 Å². The lowest BCUT2D eigenvalue weighted by molar-refractivity contribution is -0.710. The fourth-order valence-electron chi connectivity index (χ4n) is 5.13. The zero-order valence-electron chi connectivity index (χ0n) is 17.2. The predicted octanol–water partition coefficient (Wildman–Crippen LogP) is 0.979. The van der Waals surface area contributed by atoms with Crippen molar-refractivity contribution in [1.82, 2.24) is 4.57 Å². The van der Waals surface area contributed by atoms with Crippen molar-refractivity contribution in [2.45, 2.75) is 56.7 Å². The Morgan fingerprint density at radius 3 is 2.33 bits per heavy atom. The molecule has 1 saturated heterocycles. The van der Waals surface area contributed by atoms with Gasteiger partial charge < -0.3 is 17.1 Å². The van der Waals surface area contributed by atoms with E-state index in [0.29, 0.717) is 19.0 Å². The number of halogens is 1. The van der Waals surface area contributed by atoms with Crippen LogP contribution in [0.15, 0.2) is 73.1 Å². The van der Waals surface area contributed by atoms with Crippen LogP contribution < -0.4 is 17.0 Å². The van der Waals surface area contributed by atoms with E-state index in [1.54, 1.807) is 0 Å². The Hall–Kier alpha value is -2.59. The monoisotopic (exact) mass is 422 g/mol. The van der Waals surface area contributed by atoms with Crippen molar-refractivity contribution < 1.29 is 26.5 Å². The maximum atomic E-state index is 13.3. The SMILES string of the molecule is CC1CCCc2n1cc[n+]2CC1CC(c2ccccc2)(c2ccccc2)C(=O)O1.[Cl-]. The number of esters is 1. The predicted molar refractivity (Wildman–Crippen MR) is 110 cm³/mol. The molecule has 0 radical (unpaired) electrons. The Morgan fingerprint density at radius 1 is 1.07 bits per heavy atom. The molecule has 30 heavy (non-hydrogen) atoms. The minimum Gasteiger partial charge on any atom is -1.00 e. The van der Waals surface area contributed by atoms with Gasteiger partial charge in [-0.25, -0.2) is 9.13 Å². The highest BCUT2D eigenvalue weighted by Crippen LogP contribution is 2.43. The molecule has 0 spiro atoms. The van der Waals surface area contributed by atoms with Crippen molar-refractivity contribution in [2.24, 2.45) is 0 Å². The number of ether oxygens (including phenoxy) is 1. The largest absolute Gasteiger partial charge is 1.00 e. The van der Waals surface area contributed by atoms with E-state index in [2.05, 4.69) is 28.5 Å². The average Bonchev–Trinajstić information content (AvgIpc) is 3.32. The maximum absolute atomic E-state index is 13.3. The summed E-state index contributed by atoms with van der Waals surface area (Å²) in [5, 5.41) is 0. The van der Waals surface area contributed by atoms with E-state index in [1.807, 2.05) is 60.7 Å². The van der Waals surface area contributed by atoms with E-state index in [-0.39, 0.29) is 24.5 Å². The summed E-state index contributed by atoms with van der Waals surface area (Å²) in [4.78, 5) is 13.3. The van der Waals surface area contributed by atoms with Crippen LogP contribution >= 0.6 is 0 Å². The summed E-state index contributed by atoms with van der Waals surface area (Å²) in [6, 6.07) is 20.7. The molecule has 0 amide bonds. The first-order chi connectivity index (χ1) is 14.2. The van der Waals surface area contributed by atoms with Gasteiger partial charge in [-0.05, 0) is 30.9 Å². The smallest absolute Gasteiger partial charge is 0.321 e. The summed E-state index contributed by atoms with van der Waals surface area (Å²) < 4.78 is 10.7. The van der Waals surface area contributed by atoms with E-state index < -0.39 is 5.41 Å². The van der Waals surface area contributed by atoms with Crippen LogP contribution in [0.3, 0.4) is 0 Å². The molecular formula is C25H27ClN2O2. The van der Waals surface area contributed by atoms with Crippen molar-refractivity contribution in [2.75, 3.05) is 0 Å². The molecule has 4 nitrogen and oxygen atoms in total. The van der Waals surface area contributed by atoms with E-state index in [1.165, 1.54) is 18.7 Å². The van der Waals surface area contributed by atoms with E-state index in [0.717, 1.165) is 17.5 Å². The molecule has 5 rings (SSSR count). The molecule has 1 aromatic heterocycles. The number of carbonyl (C=O) groups excluding carboxylic acids is 1. The van der Waals surface area contributed by atoms with E-state index >= 15 is 0 Å². The topological polar surface area (TPSA) is 35.1 Å². The molecule has 2 atom stereocenters. The van der Waals surface area contributed by atoms with Crippen LogP contribution in [-0.2, 0) is 27.9 Å². The number of nitrogens with zero attached hydrogens (tertiary/aromatic N) is 2. The van der Waals surface area contributed by atoms with Crippen LogP contribution in [0, 0.1) is 0 Å². The highest BCUT2D eigenvalue weighted by Gasteiger charge is 2.52. The second-order valence-corrected chi connectivity index (χ2v) is 8.38. The second kappa shape index (κ2) is 8.27. The van der Waals surface area contributed by atoms with Gasteiger partial charge in [-0.1, -0.05) is 60.7 Å². The average molecular weight is 423 g/mol. The minimum absolute atomic E-state index is 0. The molecule has 0 bridgehead atoms. The van der Waals surface area contributed by atoms with Gasteiger partial charge in [-0.2, -0.15) is 0 Å². The summed E-state index contributed by atoms with van der Waals surface area (Å²) in [7, 11) is 0. The van der Waals surface area contributed by atoms with Crippen molar-refractivity contribution >= 4 is 5.97 Å². The summed E-state index contributed by atoms with van der Waals surface area (Å²) in [6.45, 7) is 2.99. The Kier molecular flexibility index (Phi) is 5.70. The maximum Gasteiger partial charge on any atom is 0.321 e. The van der Waals surface area contributed by atoms with Crippen molar-refractivity contribution in [3.8, 4) is 0 Å². The molecule has 0 aliphatic carbocycles. The van der Waals surface area contributed by atoms with E-state index in [9.17, 15) is 4.79 Å². The van der Waals surface area contributed by atoms with Crippen LogP contribution in [0.5, 0.6) is 0 Å². The molecule has 1 fully saturated rings. The molecule has 2 aliphatic heterocycles. The first kappa shape index (κ1) is 20.7. The van der Waals surface area contributed by atoms with Gasteiger partial charge in [0.2, 0.25) is 0 Å². The lowest BCUT2D eigenvalue weighted by Gasteiger charge is -2.26. The molecule has 3 aromatic rings. The summed E-state index contributed by atoms with van der Waals surface area (Å²) in [5.74, 6) is 1.21. The molecule has 5 heteroatoms. The number of benzene rings is 2. The Morgan fingerprint density at radius 2 is 1.70 bits per heavy atom. The van der Waals surface area contributed by atoms with Crippen LogP contribution in [0.2, 0.25) is 0 Å². The van der Waals surface area contributed by atoms with Crippen LogP contribution in [0.25, 0.3) is 0 Å². The van der Waals surface area contributed by atoms with Gasteiger partial charge in [-0.15, -0.1) is 0 Å². The quantitative estimate of drug-likeness (QED) is 0.464. The number of hydrogen-bond donors (Lipinski definition) is 0. The van der Waals surface area contributed by atoms with Gasteiger partial charge in [0.15, 0.2) is 0 Å². The van der Waals surface area contributed by atoms with Crippen LogP contribution in [-0.4, -0.2) is 16.6 Å². The molecular weight excluding hydrogens is 396 g/mol. The number of hydrogen-bond acceptors (Lipinski definition) is 2. The molecule has 0 N–H and O–H groups in total. The first-order valence-corrected chi connectivity index (χ1v) is 10.6. The highest BCUT2D eigenvalue weighted by atomic mass is 35.5. The number of rotatable bonds is 4. The fourth-order valence-corrected chi connectivity index (χ4v) is 5.13.